The van der Waals surface area contributed by atoms with Crippen molar-refractivity contribution in [2.75, 3.05) is 23.4 Å². The molecule has 0 atom stereocenters. The quantitative estimate of drug-likeness (QED) is 0.0233. The Kier molecular flexibility index (Phi) is 20.2. The van der Waals surface area contributed by atoms with E-state index in [1.807, 2.05) is 85.7 Å². The number of hydrogen-bond acceptors (Lipinski definition) is 22. The van der Waals surface area contributed by atoms with Gasteiger partial charge in [-0.1, -0.05) is 88.5 Å². The van der Waals surface area contributed by atoms with Crippen molar-refractivity contribution in [1.29, 1.82) is 0 Å². The number of esters is 4. The molecule has 0 aromatic heterocycles. The number of nitrogen functional groups attached to an aromatic ring is 2. The molecular formula is C100H102N8O16. The largest absolute Gasteiger partial charge is 0.399 e. The number of carbonyl (C=O) groups excluding carboxylic acids is 10. The molecule has 8 aliphatic heterocycles. The van der Waals surface area contributed by atoms with Crippen molar-refractivity contribution in [2.24, 2.45) is 0 Å². The van der Waals surface area contributed by atoms with Crippen LogP contribution in [0.5, 0.6) is 0 Å². The fourth-order valence-electron chi connectivity index (χ4n) is 21.2. The zero-order valence-electron chi connectivity index (χ0n) is 73.0. The summed E-state index contributed by atoms with van der Waals surface area (Å²) in [5.74, 6) is -6.08. The highest BCUT2D eigenvalue weighted by Crippen LogP contribution is 2.47. The van der Waals surface area contributed by atoms with E-state index < -0.39 is 103 Å². The molecule has 0 aliphatic carbocycles. The van der Waals surface area contributed by atoms with Crippen LogP contribution in [0.1, 0.15) is 282 Å². The third kappa shape index (κ3) is 14.1. The second-order valence-corrected chi connectivity index (χ2v) is 39.6. The highest BCUT2D eigenvalue weighted by Gasteiger charge is 2.49. The molecule has 4 fully saturated rings. The lowest BCUT2D eigenvalue weighted by Crippen LogP contribution is -2.57. The molecule has 0 saturated carbocycles. The maximum Gasteiger partial charge on any atom is 0.346 e. The third-order valence-electron chi connectivity index (χ3n) is 26.2. The van der Waals surface area contributed by atoms with Crippen LogP contribution in [-0.4, -0.2) is 156 Å². The van der Waals surface area contributed by atoms with Gasteiger partial charge in [0.05, 0.1) is 50.2 Å². The summed E-state index contributed by atoms with van der Waals surface area (Å²) < 4.78 is 8.94. The van der Waals surface area contributed by atoms with Gasteiger partial charge < -0.3 is 41.8 Å². The predicted molar refractivity (Wildman–Crippen MR) is 472 cm³/mol. The van der Waals surface area contributed by atoms with Crippen LogP contribution in [0.2, 0.25) is 0 Å². The Labute approximate surface area is 716 Å². The number of benzene rings is 10. The average molecular weight is 1670 g/mol. The number of nitrogens with zero attached hydrogens (tertiary/aromatic N) is 6. The van der Waals surface area contributed by atoms with Gasteiger partial charge in [0.1, 0.15) is 0 Å². The number of hydrogen-bond donors (Lipinski definition) is 6. The molecule has 0 bridgehead atoms. The van der Waals surface area contributed by atoms with Crippen LogP contribution in [0.15, 0.2) is 146 Å². The third-order valence-corrected chi connectivity index (χ3v) is 26.2. The second-order valence-electron chi connectivity index (χ2n) is 39.6. The highest BCUT2D eigenvalue weighted by atomic mass is 16.6. The molecule has 8 N–H and O–H groups in total. The SMILES string of the molecule is CC1(C)CC(=c2c3ccc(N)cc3c(=C3CC(C)(C)N(O)C(C)(C)C3)c3ccc(N)cc23)CC(C)(C)N1O.Cc1ccc2c(=C3CC(C)(C)N(O)C(C)(C)C3)c3cc(N4C(=O)c5ccc(C(=O)c6ccc7c(c6)C(=O)N(C)C7=O)cc5C4=O)ccc3c(=C3CC(C)(C)N(O)C(C)(C)C3)c2c1.O=C(c1ccc2c(c1)C(=O)OC2=O)c1ccc2c(c1)C(=O)OC2=O. The minimum Gasteiger partial charge on any atom is -0.399 e. The van der Waals surface area contributed by atoms with Gasteiger partial charge >= 0.3 is 23.9 Å². The monoisotopic (exact) mass is 1670 g/mol. The number of cyclic esters (lactones) is 4. The van der Waals surface area contributed by atoms with Crippen LogP contribution in [0.3, 0.4) is 0 Å². The van der Waals surface area contributed by atoms with E-state index in [1.54, 1.807) is 0 Å². The Bertz CT molecular complexity index is 6560. The number of fused-ring (bicyclic) bond motifs is 8. The number of anilines is 3. The number of hydroxylamine groups is 8. The van der Waals surface area contributed by atoms with Gasteiger partial charge in [-0.05, 0) is 318 Å². The van der Waals surface area contributed by atoms with Crippen molar-refractivity contribution in [2.45, 2.75) is 213 Å². The fraction of sp³-hybridized carbons (Fsp3) is 0.340. The molecule has 0 spiro atoms. The number of ketones is 2. The van der Waals surface area contributed by atoms with E-state index in [2.05, 4.69) is 114 Å². The molecule has 24 heteroatoms. The molecule has 0 radical (unpaired) electrons. The number of nitrogens with two attached hydrogens (primary N) is 2. The molecule has 124 heavy (non-hydrogen) atoms. The fourth-order valence-corrected chi connectivity index (χ4v) is 21.2. The van der Waals surface area contributed by atoms with Gasteiger partial charge in [0.15, 0.2) is 11.6 Å². The van der Waals surface area contributed by atoms with Gasteiger partial charge in [0.25, 0.3) is 23.6 Å². The summed E-state index contributed by atoms with van der Waals surface area (Å²) in [5.41, 5.74) is 18.3. The van der Waals surface area contributed by atoms with E-state index in [4.69, 9.17) is 11.5 Å². The first-order valence-corrected chi connectivity index (χ1v) is 41.7. The number of piperidine rings is 4. The highest BCUT2D eigenvalue weighted by molar-refractivity contribution is 6.35. The first kappa shape index (κ1) is 85.5. The van der Waals surface area contributed by atoms with E-state index in [1.165, 1.54) is 132 Å². The Morgan fingerprint density at radius 1 is 0.298 bits per heavy atom. The van der Waals surface area contributed by atoms with Crippen molar-refractivity contribution in [3.63, 3.8) is 0 Å². The van der Waals surface area contributed by atoms with Crippen LogP contribution in [0.4, 0.5) is 17.1 Å². The van der Waals surface area contributed by atoms with Crippen molar-refractivity contribution < 1.29 is 78.2 Å². The molecule has 24 nitrogen and oxygen atoms in total. The Balaban J connectivity index is 0.000000154. The van der Waals surface area contributed by atoms with E-state index in [9.17, 15) is 68.8 Å². The molecule has 638 valence electrons. The van der Waals surface area contributed by atoms with Gasteiger partial charge in [-0.15, -0.1) is 0 Å². The lowest BCUT2D eigenvalue weighted by Gasteiger charge is -2.50. The molecule has 4 amide bonds. The molecule has 4 saturated heterocycles. The van der Waals surface area contributed by atoms with E-state index in [0.29, 0.717) is 31.4 Å². The molecule has 18 rings (SSSR count). The van der Waals surface area contributed by atoms with Crippen LogP contribution in [-0.2, 0) is 9.47 Å². The Morgan fingerprint density at radius 2 is 0.556 bits per heavy atom. The first-order valence-electron chi connectivity index (χ1n) is 41.7. The molecule has 10 aromatic rings. The van der Waals surface area contributed by atoms with E-state index in [0.717, 1.165) is 107 Å². The van der Waals surface area contributed by atoms with Gasteiger partial charge in [0, 0.05) is 85.0 Å². The summed E-state index contributed by atoms with van der Waals surface area (Å²) in [5, 5.41) is 63.9. The van der Waals surface area contributed by atoms with Gasteiger partial charge in [-0.3, -0.25) is 33.7 Å². The van der Waals surface area contributed by atoms with Gasteiger partial charge in [0.2, 0.25) is 0 Å². The van der Waals surface area contributed by atoms with Crippen LogP contribution >= 0.6 is 0 Å². The predicted octanol–water partition coefficient (Wildman–Crippen LogP) is 15.0. The topological polar surface area (TPSA) is 342 Å². The van der Waals surface area contributed by atoms with Crippen molar-refractivity contribution >= 4 is 142 Å². The van der Waals surface area contributed by atoms with Crippen molar-refractivity contribution in [1.82, 2.24) is 25.2 Å². The smallest absolute Gasteiger partial charge is 0.346 e. The summed E-state index contributed by atoms with van der Waals surface area (Å²) in [7, 11) is 1.39. The Hall–Kier alpha value is -12.1. The van der Waals surface area contributed by atoms with Crippen molar-refractivity contribution in [3.05, 3.63) is 239 Å². The molecular weight excluding hydrogens is 1570 g/mol. The summed E-state index contributed by atoms with van der Waals surface area (Å²) in [6.07, 6.45) is 5.33. The minimum absolute atomic E-state index is 0.0154. The van der Waals surface area contributed by atoms with Gasteiger partial charge in [-0.2, -0.15) is 20.3 Å². The number of imide groups is 2. The summed E-state index contributed by atoms with van der Waals surface area (Å²) in [4.78, 5) is 129. The van der Waals surface area contributed by atoms with Gasteiger partial charge in [-0.25, -0.2) is 24.1 Å². The number of aryl methyl sites for hydroxylation is 1. The summed E-state index contributed by atoms with van der Waals surface area (Å²) in [6.45, 7) is 35.2. The zero-order valence-corrected chi connectivity index (χ0v) is 73.0. The maximum absolute atomic E-state index is 14.5. The standard InChI is InChI=1S/C51H52N4O7.C32H44N4O2.C17H6O7/c1-27-11-15-33-37(19-27)41(30-23-48(2,3)54(61)49(4,5)24-30)34-18-14-32(22-38(34)42(33)31-25-50(6,7)55(62)51(8,9)26-31)53-46(59)36-17-13-29(21-40(36)47(53)60)43(56)28-12-16-35-39(20-28)45(58)52(10)44(35)57;1-29(2)15-19(16-30(3,4)35(29)37)27-23-11-9-22(34)14-26(23)28(24-12-10-21(33)13-25(24)27)20-17-31(5,6)36(38)32(7,8)18-20;18-13(7-1-3-9-11(5-7)16(21)23-14(9)19)8-2-4-10-12(6-8)17(22)24-15(10)20/h11-22,61-62H,23-26H2,1-10H3;9-14,37-38H,15-18,33-34H2,1-8H3;1-6H. The summed E-state index contributed by atoms with van der Waals surface area (Å²) in [6, 6.07) is 41.5. The molecule has 8 heterocycles. The van der Waals surface area contributed by atoms with E-state index in [-0.39, 0.29) is 66.8 Å². The van der Waals surface area contributed by atoms with Crippen LogP contribution in [0, 0.1) is 6.92 Å². The first-order chi connectivity index (χ1) is 57.8. The number of ether oxygens (including phenoxy) is 2. The van der Waals surface area contributed by atoms with Crippen LogP contribution < -0.4 is 37.2 Å². The lowest BCUT2D eigenvalue weighted by atomic mass is 9.75. The Morgan fingerprint density at radius 3 is 0.903 bits per heavy atom. The summed E-state index contributed by atoms with van der Waals surface area (Å²) >= 11 is 0. The maximum atomic E-state index is 14.5. The second kappa shape index (κ2) is 29.3. The van der Waals surface area contributed by atoms with Crippen LogP contribution in [0.25, 0.3) is 65.4 Å². The lowest BCUT2D eigenvalue weighted by molar-refractivity contribution is -0.228. The number of amides is 4. The molecule has 0 unspecified atom stereocenters. The molecule has 8 aliphatic rings. The van der Waals surface area contributed by atoms with Crippen molar-refractivity contribution in [3.8, 4) is 0 Å². The number of carbonyl (C=O) groups is 10. The minimum atomic E-state index is -0.812. The molecule has 10 aromatic carbocycles. The zero-order chi connectivity index (χ0) is 89.8. The normalized spacial score (nSPS) is 20.4. The van der Waals surface area contributed by atoms with E-state index >= 15 is 0 Å². The average Bonchev–Trinajstić information content (AvgIpc) is 1.62. The number of rotatable bonds is 5.